The zero-order valence-corrected chi connectivity index (χ0v) is 18.9. The van der Waals surface area contributed by atoms with Crippen LogP contribution in [0.15, 0.2) is 79.3 Å². The van der Waals surface area contributed by atoms with Gasteiger partial charge in [0.15, 0.2) is 0 Å². The Balaban J connectivity index is 1.43. The minimum atomic E-state index is -0.329. The Bertz CT molecular complexity index is 1450. The van der Waals surface area contributed by atoms with Gasteiger partial charge in [0.25, 0.3) is 0 Å². The number of methoxy groups -OCH3 is 1. The Morgan fingerprint density at radius 2 is 1.85 bits per heavy atom. The molecule has 0 atom stereocenters. The zero-order chi connectivity index (χ0) is 23.5. The van der Waals surface area contributed by atoms with Crippen LogP contribution in [0.25, 0.3) is 33.4 Å². The third-order valence-electron chi connectivity index (χ3n) is 5.58. The van der Waals surface area contributed by atoms with Crippen LogP contribution in [0.4, 0.5) is 16.2 Å². The molecule has 0 radical (unpaired) electrons. The van der Waals surface area contributed by atoms with E-state index in [0.717, 1.165) is 45.7 Å². The highest BCUT2D eigenvalue weighted by atomic mass is 16.5. The zero-order valence-electron chi connectivity index (χ0n) is 18.9. The predicted molar refractivity (Wildman–Crippen MR) is 134 cm³/mol. The number of carbonyl (C=O) groups excluding carboxylic acids is 1. The largest absolute Gasteiger partial charge is 0.497 e. The van der Waals surface area contributed by atoms with E-state index in [4.69, 9.17) is 9.84 Å². The van der Waals surface area contributed by atoms with E-state index in [1.54, 1.807) is 37.6 Å². The van der Waals surface area contributed by atoms with Crippen LogP contribution in [0, 0.1) is 0 Å². The van der Waals surface area contributed by atoms with Crippen molar-refractivity contribution in [3.8, 4) is 28.1 Å². The summed E-state index contributed by atoms with van der Waals surface area (Å²) < 4.78 is 7.07. The summed E-state index contributed by atoms with van der Waals surface area (Å²) in [6.07, 6.45) is 5.73. The van der Waals surface area contributed by atoms with E-state index in [1.807, 2.05) is 53.5 Å². The molecule has 0 fully saturated rings. The van der Waals surface area contributed by atoms with Gasteiger partial charge in [-0.25, -0.2) is 9.78 Å². The number of hydrogen-bond donors (Lipinski definition) is 3. The number of hydrogen-bond acceptors (Lipinski definition) is 4. The van der Waals surface area contributed by atoms with Crippen molar-refractivity contribution in [3.05, 3.63) is 79.3 Å². The van der Waals surface area contributed by atoms with Crippen molar-refractivity contribution >= 4 is 28.4 Å². The lowest BCUT2D eigenvalue weighted by Crippen LogP contribution is -2.19. The van der Waals surface area contributed by atoms with Crippen molar-refractivity contribution in [2.75, 3.05) is 17.7 Å². The van der Waals surface area contributed by atoms with Crippen molar-refractivity contribution in [2.24, 2.45) is 0 Å². The molecular formula is C26H24N6O2. The maximum absolute atomic E-state index is 12.6. The van der Waals surface area contributed by atoms with Crippen LogP contribution in [0.5, 0.6) is 5.75 Å². The van der Waals surface area contributed by atoms with Crippen LogP contribution >= 0.6 is 0 Å². The standard InChI is InChI=1S/C26H24N6O2/c1-3-32-16-23(21-11-13-27-25-22(21)12-14-28-25)24(31-32)17-5-4-6-19(15-17)30-26(33)29-18-7-9-20(34-2)10-8-18/h4-16H,3H2,1-2H3,(H,27,28)(H2,29,30,33). The van der Waals surface area contributed by atoms with Crippen molar-refractivity contribution in [2.45, 2.75) is 13.5 Å². The van der Waals surface area contributed by atoms with Gasteiger partial charge in [-0.2, -0.15) is 5.10 Å². The second-order valence-electron chi connectivity index (χ2n) is 7.73. The topological polar surface area (TPSA) is 96.9 Å². The first kappa shape index (κ1) is 21.3. The number of aromatic nitrogens is 4. The highest BCUT2D eigenvalue weighted by molar-refractivity contribution is 6.01. The molecule has 0 aliphatic rings. The number of carbonyl (C=O) groups is 1. The van der Waals surface area contributed by atoms with E-state index in [2.05, 4.69) is 27.5 Å². The summed E-state index contributed by atoms with van der Waals surface area (Å²) in [7, 11) is 1.60. The Labute approximate surface area is 196 Å². The SMILES string of the molecule is CCn1cc(-c2ccnc3[nH]ccc23)c(-c2cccc(NC(=O)Nc3ccc(OC)cc3)c2)n1. The summed E-state index contributed by atoms with van der Waals surface area (Å²) in [5.41, 5.74) is 5.98. The van der Waals surface area contributed by atoms with Crippen LogP contribution in [0.2, 0.25) is 0 Å². The monoisotopic (exact) mass is 452 g/mol. The molecule has 0 saturated carbocycles. The van der Waals surface area contributed by atoms with Gasteiger partial charge < -0.3 is 20.4 Å². The van der Waals surface area contributed by atoms with Gasteiger partial charge in [-0.1, -0.05) is 12.1 Å². The average molecular weight is 453 g/mol. The van der Waals surface area contributed by atoms with Crippen LogP contribution in [0.3, 0.4) is 0 Å². The van der Waals surface area contributed by atoms with Crippen molar-refractivity contribution in [1.82, 2.24) is 19.7 Å². The first-order valence-electron chi connectivity index (χ1n) is 11.0. The summed E-state index contributed by atoms with van der Waals surface area (Å²) >= 11 is 0. The van der Waals surface area contributed by atoms with Gasteiger partial charge in [0.1, 0.15) is 17.1 Å². The maximum atomic E-state index is 12.6. The molecule has 0 aliphatic heterocycles. The van der Waals surface area contributed by atoms with Crippen molar-refractivity contribution in [3.63, 3.8) is 0 Å². The third kappa shape index (κ3) is 4.21. The molecule has 0 aliphatic carbocycles. The fraction of sp³-hybridized carbons (Fsp3) is 0.115. The number of aryl methyl sites for hydroxylation is 1. The minimum absolute atomic E-state index is 0.329. The average Bonchev–Trinajstić information content (AvgIpc) is 3.52. The maximum Gasteiger partial charge on any atom is 0.323 e. The number of ether oxygens (including phenoxy) is 1. The molecule has 8 nitrogen and oxygen atoms in total. The summed E-state index contributed by atoms with van der Waals surface area (Å²) in [5, 5.41) is 11.6. The highest BCUT2D eigenvalue weighted by Crippen LogP contribution is 2.35. The second-order valence-corrected chi connectivity index (χ2v) is 7.73. The number of fused-ring (bicyclic) bond motifs is 1. The molecule has 0 spiro atoms. The molecule has 3 N–H and O–H groups in total. The molecule has 3 aromatic heterocycles. The van der Waals surface area contributed by atoms with Gasteiger partial charge in [-0.05, 0) is 61.0 Å². The minimum Gasteiger partial charge on any atom is -0.497 e. The molecule has 2 aromatic carbocycles. The Morgan fingerprint density at radius 3 is 2.65 bits per heavy atom. The quantitative estimate of drug-likeness (QED) is 0.305. The molecule has 5 rings (SSSR count). The number of amides is 2. The summed E-state index contributed by atoms with van der Waals surface area (Å²) in [4.78, 5) is 20.1. The van der Waals surface area contributed by atoms with Crippen LogP contribution < -0.4 is 15.4 Å². The van der Waals surface area contributed by atoms with Gasteiger partial charge in [0.2, 0.25) is 0 Å². The fourth-order valence-electron chi connectivity index (χ4n) is 3.90. The number of urea groups is 1. The van der Waals surface area contributed by atoms with Crippen LogP contribution in [-0.4, -0.2) is 32.9 Å². The molecule has 5 aromatic rings. The van der Waals surface area contributed by atoms with E-state index in [9.17, 15) is 4.79 Å². The Morgan fingerprint density at radius 1 is 1.03 bits per heavy atom. The summed E-state index contributed by atoms with van der Waals surface area (Å²) in [6, 6.07) is 18.5. The number of nitrogens with zero attached hydrogens (tertiary/aromatic N) is 3. The second kappa shape index (κ2) is 9.11. The van der Waals surface area contributed by atoms with E-state index in [0.29, 0.717) is 11.4 Å². The molecule has 0 bridgehead atoms. The smallest absolute Gasteiger partial charge is 0.323 e. The number of anilines is 2. The number of nitrogens with one attached hydrogen (secondary N) is 3. The molecule has 2 amide bonds. The third-order valence-corrected chi connectivity index (χ3v) is 5.58. The van der Waals surface area contributed by atoms with E-state index in [1.165, 1.54) is 0 Å². The van der Waals surface area contributed by atoms with Crippen molar-refractivity contribution < 1.29 is 9.53 Å². The molecule has 0 saturated heterocycles. The summed E-state index contributed by atoms with van der Waals surface area (Å²) in [6.45, 7) is 2.80. The van der Waals surface area contributed by atoms with E-state index >= 15 is 0 Å². The number of H-pyrrole nitrogens is 1. The number of benzene rings is 2. The Kier molecular flexibility index (Phi) is 5.70. The number of rotatable bonds is 6. The van der Waals surface area contributed by atoms with Gasteiger partial charge in [-0.3, -0.25) is 4.68 Å². The molecule has 0 unspecified atom stereocenters. The molecule has 34 heavy (non-hydrogen) atoms. The highest BCUT2D eigenvalue weighted by Gasteiger charge is 2.16. The van der Waals surface area contributed by atoms with Gasteiger partial charge in [0, 0.05) is 53.0 Å². The number of aromatic amines is 1. The van der Waals surface area contributed by atoms with Crippen LogP contribution in [-0.2, 0) is 6.54 Å². The number of pyridine rings is 1. The predicted octanol–water partition coefficient (Wildman–Crippen LogP) is 5.77. The summed E-state index contributed by atoms with van der Waals surface area (Å²) in [5.74, 6) is 0.729. The Hall–Kier alpha value is -4.59. The van der Waals surface area contributed by atoms with E-state index < -0.39 is 0 Å². The molecule has 3 heterocycles. The van der Waals surface area contributed by atoms with Gasteiger partial charge in [0.05, 0.1) is 7.11 Å². The van der Waals surface area contributed by atoms with Gasteiger partial charge in [-0.15, -0.1) is 0 Å². The first-order valence-corrected chi connectivity index (χ1v) is 11.0. The molecule has 170 valence electrons. The first-order chi connectivity index (χ1) is 16.6. The molecule has 8 heteroatoms. The van der Waals surface area contributed by atoms with Gasteiger partial charge >= 0.3 is 6.03 Å². The normalized spacial score (nSPS) is 10.9. The molecular weight excluding hydrogens is 428 g/mol. The lowest BCUT2D eigenvalue weighted by atomic mass is 10.00. The lowest BCUT2D eigenvalue weighted by molar-refractivity contribution is 0.262. The lowest BCUT2D eigenvalue weighted by Gasteiger charge is -2.10. The van der Waals surface area contributed by atoms with E-state index in [-0.39, 0.29) is 6.03 Å². The fourth-order valence-corrected chi connectivity index (χ4v) is 3.90. The van der Waals surface area contributed by atoms with Crippen molar-refractivity contribution in [1.29, 1.82) is 0 Å². The van der Waals surface area contributed by atoms with Crippen LogP contribution in [0.1, 0.15) is 6.92 Å².